The molecule has 0 rings (SSSR count). The van der Waals surface area contributed by atoms with Gasteiger partial charge in [-0.25, -0.2) is 0 Å². The van der Waals surface area contributed by atoms with Crippen molar-refractivity contribution in [2.45, 2.75) is 252 Å². The summed E-state index contributed by atoms with van der Waals surface area (Å²) in [5, 5.41) is 0. The second-order valence-electron chi connectivity index (χ2n) is 15.0. The largest absolute Gasteiger partial charge is 0.462 e. The van der Waals surface area contributed by atoms with Crippen molar-refractivity contribution in [3.8, 4) is 0 Å². The second kappa shape index (κ2) is 40.2. The van der Waals surface area contributed by atoms with E-state index < -0.39 is 6.10 Å². The summed E-state index contributed by atoms with van der Waals surface area (Å²) in [6, 6.07) is 0. The number of hydrogen-bond acceptors (Lipinski definition) is 6. The molecule has 0 aliphatic carbocycles. The number of rotatable bonds is 40. The van der Waals surface area contributed by atoms with Crippen LogP contribution in [0.25, 0.3) is 0 Å². The fourth-order valence-corrected chi connectivity index (χ4v) is 6.50. The van der Waals surface area contributed by atoms with Crippen LogP contribution in [0.3, 0.4) is 0 Å². The molecule has 6 nitrogen and oxygen atoms in total. The van der Waals surface area contributed by atoms with Crippen molar-refractivity contribution in [1.29, 1.82) is 0 Å². The molecule has 0 radical (unpaired) electrons. The Labute approximate surface area is 310 Å². The SMILES string of the molecule is CCCCCCCCCCCCCCCCCCCC(=O)OC[C@H](COC(=O)CCCCCCCCCCCC)OC(=O)CCCCCCC. The monoisotopic (exact) mass is 709 g/mol. The first-order chi connectivity index (χ1) is 24.5. The minimum Gasteiger partial charge on any atom is -0.462 e. The van der Waals surface area contributed by atoms with Gasteiger partial charge in [0.25, 0.3) is 0 Å². The third-order valence-electron chi connectivity index (χ3n) is 9.86. The van der Waals surface area contributed by atoms with Crippen molar-refractivity contribution >= 4 is 17.9 Å². The molecule has 0 aromatic heterocycles. The van der Waals surface area contributed by atoms with Crippen LogP contribution >= 0.6 is 0 Å². The number of ether oxygens (including phenoxy) is 3. The number of hydrogen-bond donors (Lipinski definition) is 0. The van der Waals surface area contributed by atoms with Crippen molar-refractivity contribution in [3.05, 3.63) is 0 Å². The lowest BCUT2D eigenvalue weighted by atomic mass is 10.0. The average molecular weight is 709 g/mol. The smallest absolute Gasteiger partial charge is 0.306 e. The van der Waals surface area contributed by atoms with Crippen LogP contribution in [0.5, 0.6) is 0 Å². The van der Waals surface area contributed by atoms with E-state index >= 15 is 0 Å². The minimum atomic E-state index is -0.755. The maximum atomic E-state index is 12.5. The fourth-order valence-electron chi connectivity index (χ4n) is 6.50. The second-order valence-corrected chi connectivity index (χ2v) is 15.0. The zero-order chi connectivity index (χ0) is 36.6. The normalized spacial score (nSPS) is 11.8. The lowest BCUT2D eigenvalue weighted by Gasteiger charge is -2.18. The molecule has 296 valence electrons. The van der Waals surface area contributed by atoms with E-state index in [2.05, 4.69) is 20.8 Å². The van der Waals surface area contributed by atoms with Crippen LogP contribution in [-0.4, -0.2) is 37.2 Å². The summed E-state index contributed by atoms with van der Waals surface area (Å²) in [5.74, 6) is -0.871. The van der Waals surface area contributed by atoms with E-state index in [1.54, 1.807) is 0 Å². The van der Waals surface area contributed by atoms with Crippen molar-refractivity contribution in [2.75, 3.05) is 13.2 Å². The Morgan fingerprint density at radius 3 is 0.800 bits per heavy atom. The molecule has 0 aliphatic rings. The highest BCUT2D eigenvalue weighted by atomic mass is 16.6. The summed E-state index contributed by atoms with van der Waals surface area (Å²) in [5.41, 5.74) is 0. The molecule has 1 atom stereocenters. The lowest BCUT2D eigenvalue weighted by Crippen LogP contribution is -2.30. The Bertz CT molecular complexity index is 738. The third kappa shape index (κ3) is 37.7. The first kappa shape index (κ1) is 48.4. The summed E-state index contributed by atoms with van der Waals surface area (Å²) in [6.07, 6.45) is 39.8. The Kier molecular flexibility index (Phi) is 38.9. The highest BCUT2D eigenvalue weighted by Gasteiger charge is 2.19. The molecular formula is C44H84O6. The maximum absolute atomic E-state index is 12.5. The number of esters is 3. The highest BCUT2D eigenvalue weighted by Crippen LogP contribution is 2.16. The molecule has 6 heteroatoms. The summed E-state index contributed by atoms with van der Waals surface area (Å²) >= 11 is 0. The predicted molar refractivity (Wildman–Crippen MR) is 210 cm³/mol. The van der Waals surface area contributed by atoms with Gasteiger partial charge in [0.05, 0.1) is 0 Å². The van der Waals surface area contributed by atoms with E-state index in [1.807, 2.05) is 0 Å². The number of carbonyl (C=O) groups excluding carboxylic acids is 3. The summed E-state index contributed by atoms with van der Waals surface area (Å²) in [4.78, 5) is 37.3. The molecule has 0 spiro atoms. The van der Waals surface area contributed by atoms with Gasteiger partial charge in [-0.1, -0.05) is 207 Å². The molecule has 0 bridgehead atoms. The van der Waals surface area contributed by atoms with E-state index in [-0.39, 0.29) is 31.1 Å². The van der Waals surface area contributed by atoms with Crippen molar-refractivity contribution in [1.82, 2.24) is 0 Å². The fraction of sp³-hybridized carbons (Fsp3) is 0.932. The quantitative estimate of drug-likeness (QED) is 0.0358. The lowest BCUT2D eigenvalue weighted by molar-refractivity contribution is -0.167. The molecule has 0 saturated heterocycles. The number of unbranched alkanes of at least 4 members (excludes halogenated alkanes) is 29. The predicted octanol–water partition coefficient (Wildman–Crippen LogP) is 13.7. The van der Waals surface area contributed by atoms with Gasteiger partial charge in [0, 0.05) is 19.3 Å². The molecule has 0 aliphatic heterocycles. The van der Waals surface area contributed by atoms with Gasteiger partial charge in [-0.05, 0) is 19.3 Å². The molecule has 0 saturated carbocycles. The Hall–Kier alpha value is -1.59. The van der Waals surface area contributed by atoms with Gasteiger partial charge in [0.1, 0.15) is 13.2 Å². The van der Waals surface area contributed by atoms with E-state index in [4.69, 9.17) is 14.2 Å². The molecule has 0 heterocycles. The van der Waals surface area contributed by atoms with Gasteiger partial charge in [-0.15, -0.1) is 0 Å². The number of carbonyl (C=O) groups is 3. The van der Waals surface area contributed by atoms with Gasteiger partial charge in [-0.2, -0.15) is 0 Å². The molecule has 0 amide bonds. The van der Waals surface area contributed by atoms with Gasteiger partial charge in [-0.3, -0.25) is 14.4 Å². The third-order valence-corrected chi connectivity index (χ3v) is 9.86. The molecule has 0 N–H and O–H groups in total. The van der Waals surface area contributed by atoms with Crippen LogP contribution in [0.4, 0.5) is 0 Å². The van der Waals surface area contributed by atoms with Gasteiger partial charge in [0.2, 0.25) is 0 Å². The minimum absolute atomic E-state index is 0.0646. The van der Waals surface area contributed by atoms with Crippen LogP contribution in [0.1, 0.15) is 245 Å². The van der Waals surface area contributed by atoms with E-state index in [0.717, 1.165) is 64.2 Å². The maximum Gasteiger partial charge on any atom is 0.306 e. The summed E-state index contributed by atoms with van der Waals surface area (Å²) < 4.78 is 16.6. The zero-order valence-electron chi connectivity index (χ0n) is 33.7. The van der Waals surface area contributed by atoms with Crippen LogP contribution in [-0.2, 0) is 28.6 Å². The van der Waals surface area contributed by atoms with Crippen molar-refractivity contribution in [3.63, 3.8) is 0 Å². The Morgan fingerprint density at radius 1 is 0.320 bits per heavy atom. The van der Waals surface area contributed by atoms with Crippen LogP contribution in [0, 0.1) is 0 Å². The summed E-state index contributed by atoms with van der Waals surface area (Å²) in [7, 11) is 0. The van der Waals surface area contributed by atoms with Gasteiger partial charge >= 0.3 is 17.9 Å². The first-order valence-corrected chi connectivity index (χ1v) is 22.0. The van der Waals surface area contributed by atoms with Gasteiger partial charge < -0.3 is 14.2 Å². The molecule has 0 aromatic rings. The molecule has 50 heavy (non-hydrogen) atoms. The Morgan fingerprint density at radius 2 is 0.540 bits per heavy atom. The molecule has 0 aromatic carbocycles. The highest BCUT2D eigenvalue weighted by molar-refractivity contribution is 5.71. The summed E-state index contributed by atoms with van der Waals surface area (Å²) in [6.45, 7) is 6.56. The Balaban J connectivity index is 4.10. The molecule has 0 unspecified atom stereocenters. The van der Waals surface area contributed by atoms with Crippen LogP contribution < -0.4 is 0 Å². The van der Waals surface area contributed by atoms with E-state index in [1.165, 1.54) is 141 Å². The molecule has 0 fully saturated rings. The molecular weight excluding hydrogens is 624 g/mol. The average Bonchev–Trinajstić information content (AvgIpc) is 3.11. The van der Waals surface area contributed by atoms with Crippen molar-refractivity contribution in [2.24, 2.45) is 0 Å². The van der Waals surface area contributed by atoms with E-state index in [9.17, 15) is 14.4 Å². The van der Waals surface area contributed by atoms with Crippen molar-refractivity contribution < 1.29 is 28.6 Å². The van der Waals surface area contributed by atoms with E-state index in [0.29, 0.717) is 19.3 Å². The topological polar surface area (TPSA) is 78.9 Å². The standard InChI is InChI=1S/C44H84O6/c1-4-7-10-13-15-17-19-20-21-22-23-24-25-27-29-32-34-37-43(46)49-40-41(50-44(47)38-35-30-12-9-6-3)39-48-42(45)36-33-31-28-26-18-16-14-11-8-5-2/h41H,4-40H2,1-3H3/t41-/m0/s1. The van der Waals surface area contributed by atoms with Crippen LogP contribution in [0.2, 0.25) is 0 Å². The first-order valence-electron chi connectivity index (χ1n) is 22.0. The zero-order valence-corrected chi connectivity index (χ0v) is 33.7. The van der Waals surface area contributed by atoms with Crippen LogP contribution in [0.15, 0.2) is 0 Å². The van der Waals surface area contributed by atoms with Gasteiger partial charge in [0.15, 0.2) is 6.10 Å².